The lowest BCUT2D eigenvalue weighted by Crippen LogP contribution is -2.50. The predicted octanol–water partition coefficient (Wildman–Crippen LogP) is 4.98. The molecule has 0 bridgehead atoms. The van der Waals surface area contributed by atoms with Crippen molar-refractivity contribution in [1.82, 2.24) is 20.0 Å². The molecule has 0 radical (unpaired) electrons. The minimum Gasteiger partial charge on any atom is -0.451 e. The largest absolute Gasteiger partial charge is 0.451 e. The molecule has 0 aliphatic rings. The summed E-state index contributed by atoms with van der Waals surface area (Å²) in [7, 11) is 2.03. The first kappa shape index (κ1) is 27.0. The number of pyridine rings is 1. The van der Waals surface area contributed by atoms with Crippen LogP contribution >= 0.6 is 39.1 Å². The molecular weight excluding hydrogens is 581 g/mol. The number of hydrogen-bond acceptors (Lipinski definition) is 7. The summed E-state index contributed by atoms with van der Waals surface area (Å²) in [6.07, 6.45) is 0.733. The normalized spacial score (nSPS) is 10.4. The standard InChI is InChI=1S/C22H18BrCl2N5O6/c1-11-7-13(24)9-14(19(31)28-30(21(33)35-2)22(34)36-3)17(11)27-20(32)16-8-12(23)10-29(16)18-15(25)5-4-6-26-18/h4-10H,1-3H3,(H,27,32)(H,28,31). The SMILES string of the molecule is COC(=O)N(NC(=O)c1cc(Cl)cc(C)c1NC(=O)c1cc(Br)cn1-c1ncccc1Cl)C(=O)OC. The fourth-order valence-electron chi connectivity index (χ4n) is 3.11. The molecule has 188 valence electrons. The van der Waals surface area contributed by atoms with Gasteiger partial charge in [0.25, 0.3) is 11.8 Å². The molecule has 0 atom stereocenters. The van der Waals surface area contributed by atoms with E-state index in [2.05, 4.69) is 41.1 Å². The second-order valence-corrected chi connectivity index (χ2v) is 8.80. The van der Waals surface area contributed by atoms with Crippen LogP contribution in [0.5, 0.6) is 0 Å². The molecule has 36 heavy (non-hydrogen) atoms. The van der Waals surface area contributed by atoms with E-state index >= 15 is 0 Å². The van der Waals surface area contributed by atoms with E-state index < -0.39 is 24.0 Å². The Balaban J connectivity index is 2.00. The van der Waals surface area contributed by atoms with Crippen molar-refractivity contribution in [3.8, 4) is 5.82 Å². The van der Waals surface area contributed by atoms with E-state index in [1.807, 2.05) is 0 Å². The van der Waals surface area contributed by atoms with Crippen LogP contribution in [0, 0.1) is 6.92 Å². The highest BCUT2D eigenvalue weighted by molar-refractivity contribution is 9.10. The Bertz CT molecular complexity index is 1350. The predicted molar refractivity (Wildman–Crippen MR) is 135 cm³/mol. The lowest BCUT2D eigenvalue weighted by Gasteiger charge is -2.20. The third-order valence-corrected chi connectivity index (χ3v) is 5.64. The Labute approximate surface area is 223 Å². The van der Waals surface area contributed by atoms with E-state index in [1.54, 1.807) is 31.3 Å². The molecule has 0 saturated carbocycles. The van der Waals surface area contributed by atoms with Gasteiger partial charge in [0.15, 0.2) is 5.82 Å². The zero-order chi connectivity index (χ0) is 26.6. The van der Waals surface area contributed by atoms with Crippen LogP contribution < -0.4 is 10.7 Å². The summed E-state index contributed by atoms with van der Waals surface area (Å²) >= 11 is 15.7. The number of aryl methyl sites for hydroxylation is 1. The molecule has 2 aromatic heterocycles. The zero-order valence-electron chi connectivity index (χ0n) is 19.0. The molecule has 0 aliphatic heterocycles. The third kappa shape index (κ3) is 5.78. The number of nitrogens with zero attached hydrogens (tertiary/aromatic N) is 3. The Morgan fingerprint density at radius 2 is 1.72 bits per heavy atom. The molecule has 3 aromatic rings. The van der Waals surface area contributed by atoms with Gasteiger partial charge in [-0.3, -0.25) is 14.2 Å². The van der Waals surface area contributed by atoms with Gasteiger partial charge in [0.1, 0.15) is 5.69 Å². The molecule has 2 heterocycles. The number of nitrogens with one attached hydrogen (secondary N) is 2. The Morgan fingerprint density at radius 3 is 2.33 bits per heavy atom. The maximum atomic E-state index is 13.3. The maximum Gasteiger partial charge on any atom is 0.438 e. The van der Waals surface area contributed by atoms with E-state index in [0.717, 1.165) is 14.2 Å². The molecule has 14 heteroatoms. The summed E-state index contributed by atoms with van der Waals surface area (Å²) in [5.74, 6) is -1.25. The Kier molecular flexibility index (Phi) is 8.56. The number of carbonyl (C=O) groups is 4. The quantitative estimate of drug-likeness (QED) is 0.405. The molecule has 1 aromatic carbocycles. The van der Waals surface area contributed by atoms with Gasteiger partial charge in [-0.25, -0.2) is 20.0 Å². The summed E-state index contributed by atoms with van der Waals surface area (Å²) in [4.78, 5) is 54.5. The van der Waals surface area contributed by atoms with Gasteiger partial charge in [-0.05, 0) is 58.7 Å². The maximum absolute atomic E-state index is 13.3. The number of imide groups is 1. The first-order chi connectivity index (χ1) is 17.1. The molecular formula is C22H18BrCl2N5O6. The summed E-state index contributed by atoms with van der Waals surface area (Å²) < 4.78 is 11.0. The van der Waals surface area contributed by atoms with Crippen LogP contribution in [0.1, 0.15) is 26.4 Å². The van der Waals surface area contributed by atoms with Crippen molar-refractivity contribution in [1.29, 1.82) is 0 Å². The van der Waals surface area contributed by atoms with Gasteiger partial charge < -0.3 is 14.8 Å². The topological polar surface area (TPSA) is 132 Å². The summed E-state index contributed by atoms with van der Waals surface area (Å²) in [5.41, 5.74) is 2.60. The van der Waals surface area contributed by atoms with Crippen LogP contribution in [0.15, 0.2) is 47.2 Å². The third-order valence-electron chi connectivity index (χ3n) is 4.70. The second-order valence-electron chi connectivity index (χ2n) is 7.04. The average Bonchev–Trinajstić information content (AvgIpc) is 3.24. The van der Waals surface area contributed by atoms with Gasteiger partial charge in [-0.2, -0.15) is 0 Å². The Hall–Kier alpha value is -3.61. The van der Waals surface area contributed by atoms with Crippen LogP contribution in [0.4, 0.5) is 15.3 Å². The lowest BCUT2D eigenvalue weighted by atomic mass is 10.1. The van der Waals surface area contributed by atoms with Crippen molar-refractivity contribution in [3.05, 3.63) is 74.1 Å². The van der Waals surface area contributed by atoms with Crippen molar-refractivity contribution in [2.45, 2.75) is 6.92 Å². The minimum absolute atomic E-state index is 0.0765. The summed E-state index contributed by atoms with van der Waals surface area (Å²) in [6.45, 7) is 1.61. The Morgan fingerprint density at radius 1 is 1.06 bits per heavy atom. The first-order valence-electron chi connectivity index (χ1n) is 9.94. The molecule has 11 nitrogen and oxygen atoms in total. The minimum atomic E-state index is -1.20. The number of rotatable bonds is 4. The number of carbonyl (C=O) groups excluding carboxylic acids is 4. The van der Waals surface area contributed by atoms with Crippen molar-refractivity contribution in [2.75, 3.05) is 19.5 Å². The number of benzene rings is 1. The van der Waals surface area contributed by atoms with Crippen molar-refractivity contribution in [3.63, 3.8) is 0 Å². The monoisotopic (exact) mass is 597 g/mol. The number of hydrogen-bond donors (Lipinski definition) is 2. The van der Waals surface area contributed by atoms with Crippen LogP contribution in [0.3, 0.4) is 0 Å². The number of ether oxygens (including phenoxy) is 2. The summed E-state index contributed by atoms with van der Waals surface area (Å²) in [5, 5.41) is 3.40. The fourth-order valence-corrected chi connectivity index (χ4v) is 4.02. The molecule has 0 fully saturated rings. The highest BCUT2D eigenvalue weighted by Crippen LogP contribution is 2.28. The van der Waals surface area contributed by atoms with Crippen molar-refractivity contribution >= 4 is 68.8 Å². The van der Waals surface area contributed by atoms with Crippen LogP contribution in [0.2, 0.25) is 10.0 Å². The van der Waals surface area contributed by atoms with E-state index in [-0.39, 0.29) is 27.0 Å². The van der Waals surface area contributed by atoms with Crippen LogP contribution in [0.25, 0.3) is 5.82 Å². The fraction of sp³-hybridized carbons (Fsp3) is 0.136. The van der Waals surface area contributed by atoms with E-state index in [9.17, 15) is 19.2 Å². The molecule has 4 amide bonds. The number of amides is 4. The average molecular weight is 599 g/mol. The highest BCUT2D eigenvalue weighted by atomic mass is 79.9. The van der Waals surface area contributed by atoms with Crippen LogP contribution in [-0.4, -0.2) is 52.8 Å². The number of methoxy groups -OCH3 is 2. The molecule has 0 spiro atoms. The molecule has 0 aliphatic carbocycles. The number of aromatic nitrogens is 2. The van der Waals surface area contributed by atoms with E-state index in [0.29, 0.717) is 20.9 Å². The zero-order valence-corrected chi connectivity index (χ0v) is 22.1. The van der Waals surface area contributed by atoms with Gasteiger partial charge in [0, 0.05) is 21.9 Å². The molecule has 0 unspecified atom stereocenters. The molecule has 3 rings (SSSR count). The van der Waals surface area contributed by atoms with Gasteiger partial charge in [0.05, 0.1) is 30.5 Å². The number of halogens is 3. The number of anilines is 1. The second kappa shape index (κ2) is 11.4. The highest BCUT2D eigenvalue weighted by Gasteiger charge is 2.28. The van der Waals surface area contributed by atoms with Crippen LogP contribution in [-0.2, 0) is 9.47 Å². The van der Waals surface area contributed by atoms with Crippen molar-refractivity contribution < 1.29 is 28.7 Å². The molecule has 2 N–H and O–H groups in total. The molecule has 0 saturated heterocycles. The number of hydrazine groups is 1. The van der Waals surface area contributed by atoms with Gasteiger partial charge in [-0.15, -0.1) is 5.01 Å². The van der Waals surface area contributed by atoms with E-state index in [4.69, 9.17) is 23.2 Å². The van der Waals surface area contributed by atoms with E-state index in [1.165, 1.54) is 22.9 Å². The van der Waals surface area contributed by atoms with Gasteiger partial charge in [0.2, 0.25) is 0 Å². The van der Waals surface area contributed by atoms with Crippen molar-refractivity contribution in [2.24, 2.45) is 0 Å². The first-order valence-corrected chi connectivity index (χ1v) is 11.5. The summed E-state index contributed by atoms with van der Waals surface area (Å²) in [6, 6.07) is 7.60. The smallest absolute Gasteiger partial charge is 0.438 e. The van der Waals surface area contributed by atoms with Gasteiger partial charge in [-0.1, -0.05) is 23.2 Å². The lowest BCUT2D eigenvalue weighted by molar-refractivity contribution is 0.0636. The van der Waals surface area contributed by atoms with Gasteiger partial charge >= 0.3 is 12.2 Å².